The van der Waals surface area contributed by atoms with Crippen LogP contribution in [0.5, 0.6) is 0 Å². The van der Waals surface area contributed by atoms with E-state index in [2.05, 4.69) is 13.8 Å². The minimum Gasteiger partial charge on any atom is -0.298 e. The Morgan fingerprint density at radius 2 is 1.03 bits per heavy atom. The molecule has 0 amide bonds. The predicted molar refractivity (Wildman–Crippen MR) is 153 cm³/mol. The second kappa shape index (κ2) is 12.4. The molecule has 0 N–H and O–H groups in total. The molecular formula is C35H59FO. The summed E-state index contributed by atoms with van der Waals surface area (Å²) in [4.78, 5) is 13.7. The lowest BCUT2D eigenvalue weighted by atomic mass is 9.41. The molecular weight excluding hydrogens is 455 g/mol. The second-order valence-corrected chi connectivity index (χ2v) is 14.9. The minimum absolute atomic E-state index is 0.380. The monoisotopic (exact) mass is 514 g/mol. The maximum atomic E-state index is 16.1. The topological polar surface area (TPSA) is 17.1 Å². The largest absolute Gasteiger partial charge is 0.298 e. The molecule has 5 aliphatic rings. The molecule has 0 saturated heterocycles. The Morgan fingerprint density at radius 3 is 1.46 bits per heavy atom. The average molecular weight is 515 g/mol. The van der Waals surface area contributed by atoms with Gasteiger partial charge in [-0.25, -0.2) is 4.39 Å². The highest BCUT2D eigenvalue weighted by molar-refractivity contribution is 5.98. The van der Waals surface area contributed by atoms with Gasteiger partial charge in [0.25, 0.3) is 0 Å². The van der Waals surface area contributed by atoms with Crippen molar-refractivity contribution in [2.24, 2.45) is 46.3 Å². The number of carbonyl (C=O) groups is 1. The lowest BCUT2D eigenvalue weighted by Gasteiger charge is -2.62. The van der Waals surface area contributed by atoms with Crippen molar-refractivity contribution in [2.75, 3.05) is 0 Å². The van der Waals surface area contributed by atoms with Gasteiger partial charge in [-0.15, -0.1) is 0 Å². The smallest absolute Gasteiger partial charge is 0.151 e. The van der Waals surface area contributed by atoms with Crippen molar-refractivity contribution in [2.45, 2.75) is 168 Å². The summed E-state index contributed by atoms with van der Waals surface area (Å²) in [6.07, 6.45) is 28.1. The molecule has 0 radical (unpaired) electrons. The average Bonchev–Trinajstić information content (AvgIpc) is 2.97. The number of alkyl halides is 1. The first-order chi connectivity index (χ1) is 18.0. The first-order valence-corrected chi connectivity index (χ1v) is 17.2. The van der Waals surface area contributed by atoms with Crippen LogP contribution in [0.25, 0.3) is 0 Å². The predicted octanol–water partition coefficient (Wildman–Crippen LogP) is 10.6. The quantitative estimate of drug-likeness (QED) is 0.280. The van der Waals surface area contributed by atoms with E-state index in [1.54, 1.807) is 0 Å². The van der Waals surface area contributed by atoms with Gasteiger partial charge in [0.05, 0.1) is 10.8 Å². The molecule has 212 valence electrons. The molecule has 0 aliphatic heterocycles. The summed E-state index contributed by atoms with van der Waals surface area (Å²) in [5.74, 6) is 5.53. The fourth-order valence-electron chi connectivity index (χ4n) is 10.4. The fraction of sp³-hybridized carbons (Fsp3) is 0.971. The number of unbranched alkanes of at least 4 members (excludes halogenated alkanes) is 4. The van der Waals surface area contributed by atoms with E-state index in [1.165, 1.54) is 96.3 Å². The summed E-state index contributed by atoms with van der Waals surface area (Å²) >= 11 is 0. The lowest BCUT2D eigenvalue weighted by Crippen LogP contribution is -2.69. The van der Waals surface area contributed by atoms with Gasteiger partial charge in [-0.3, -0.25) is 4.79 Å². The summed E-state index contributed by atoms with van der Waals surface area (Å²) in [5, 5.41) is 0. The summed E-state index contributed by atoms with van der Waals surface area (Å²) in [7, 11) is 0. The van der Waals surface area contributed by atoms with Crippen LogP contribution < -0.4 is 0 Å². The molecule has 5 rings (SSSR count). The van der Waals surface area contributed by atoms with E-state index in [9.17, 15) is 4.79 Å². The highest BCUT2D eigenvalue weighted by Crippen LogP contribution is 2.66. The van der Waals surface area contributed by atoms with E-state index in [-0.39, 0.29) is 0 Å². The standard InChI is InChI=1S/C35H59FO/c1-3-5-6-7-8-9-27-12-16-29(17-13-27)31-20-24-35(25-21-31)32(36)34(33(35)37)22-18-30(19-23-34)28-14-10-26(4-2)11-15-28/h26-32H,3-25H2,1-2H3/t26?,27?,28?,29?,30?,31?,32-,34?,35?/m0/s1. The van der Waals surface area contributed by atoms with Gasteiger partial charge in [0, 0.05) is 0 Å². The molecule has 1 atom stereocenters. The van der Waals surface area contributed by atoms with Gasteiger partial charge in [0.1, 0.15) is 6.17 Å². The highest BCUT2D eigenvalue weighted by Gasteiger charge is 2.71. The van der Waals surface area contributed by atoms with Gasteiger partial charge in [-0.2, -0.15) is 0 Å². The van der Waals surface area contributed by atoms with Crippen LogP contribution in [0.1, 0.15) is 162 Å². The lowest BCUT2D eigenvalue weighted by molar-refractivity contribution is -0.194. The molecule has 0 aromatic carbocycles. The van der Waals surface area contributed by atoms with Crippen LogP contribution in [-0.4, -0.2) is 12.0 Å². The van der Waals surface area contributed by atoms with Crippen LogP contribution in [0.4, 0.5) is 4.39 Å². The van der Waals surface area contributed by atoms with Crippen LogP contribution in [0, 0.1) is 46.3 Å². The Bertz CT molecular complexity index is 712. The fourth-order valence-corrected chi connectivity index (χ4v) is 10.4. The van der Waals surface area contributed by atoms with Crippen molar-refractivity contribution in [3.63, 3.8) is 0 Å². The van der Waals surface area contributed by atoms with Gasteiger partial charge in [0.15, 0.2) is 5.78 Å². The molecule has 0 heterocycles. The molecule has 0 unspecified atom stereocenters. The highest BCUT2D eigenvalue weighted by atomic mass is 19.1. The summed E-state index contributed by atoms with van der Waals surface area (Å²) in [6, 6.07) is 0. The molecule has 5 aliphatic carbocycles. The maximum Gasteiger partial charge on any atom is 0.151 e. The number of Topliss-reactive ketones (excluding diaryl/α,β-unsaturated/α-hetero) is 1. The molecule has 0 bridgehead atoms. The van der Waals surface area contributed by atoms with E-state index in [0.29, 0.717) is 5.78 Å². The Labute approximate surface area is 228 Å². The third-order valence-corrected chi connectivity index (χ3v) is 13.1. The van der Waals surface area contributed by atoms with Gasteiger partial charge >= 0.3 is 0 Å². The second-order valence-electron chi connectivity index (χ2n) is 14.9. The zero-order chi connectivity index (χ0) is 25.9. The number of rotatable bonds is 9. The zero-order valence-electron chi connectivity index (χ0n) is 24.6. The number of halogens is 1. The van der Waals surface area contributed by atoms with E-state index in [4.69, 9.17) is 0 Å². The molecule has 5 fully saturated rings. The van der Waals surface area contributed by atoms with Gasteiger partial charge in [-0.05, 0) is 113 Å². The number of hydrogen-bond donors (Lipinski definition) is 0. The zero-order valence-corrected chi connectivity index (χ0v) is 24.6. The number of carbonyl (C=O) groups excluding carboxylic acids is 1. The molecule has 0 aromatic heterocycles. The Kier molecular flexibility index (Phi) is 9.44. The molecule has 2 heteroatoms. The minimum atomic E-state index is -0.839. The molecule has 37 heavy (non-hydrogen) atoms. The van der Waals surface area contributed by atoms with Crippen LogP contribution in [0.15, 0.2) is 0 Å². The molecule has 0 aromatic rings. The van der Waals surface area contributed by atoms with Gasteiger partial charge < -0.3 is 0 Å². The van der Waals surface area contributed by atoms with Crippen LogP contribution >= 0.6 is 0 Å². The molecule has 5 saturated carbocycles. The third-order valence-electron chi connectivity index (χ3n) is 13.1. The van der Waals surface area contributed by atoms with Crippen molar-refractivity contribution >= 4 is 5.78 Å². The molecule has 2 spiro atoms. The van der Waals surface area contributed by atoms with E-state index < -0.39 is 17.0 Å². The van der Waals surface area contributed by atoms with Crippen LogP contribution in [0.2, 0.25) is 0 Å². The SMILES string of the molecule is CCCCCCCC1CCC(C2CCC3(CC2)C(=O)C2(CCC(C4CCC(CC)CC4)CC2)[C@@H]3F)CC1. The summed E-state index contributed by atoms with van der Waals surface area (Å²) < 4.78 is 16.1. The Hall–Kier alpha value is -0.400. The van der Waals surface area contributed by atoms with Crippen molar-refractivity contribution in [3.8, 4) is 0 Å². The summed E-state index contributed by atoms with van der Waals surface area (Å²) in [6.45, 7) is 4.63. The van der Waals surface area contributed by atoms with E-state index >= 15 is 4.39 Å². The van der Waals surface area contributed by atoms with Crippen molar-refractivity contribution < 1.29 is 9.18 Å². The molecule has 1 nitrogen and oxygen atoms in total. The van der Waals surface area contributed by atoms with Gasteiger partial charge in [-0.1, -0.05) is 84.5 Å². The van der Waals surface area contributed by atoms with Crippen LogP contribution in [-0.2, 0) is 4.79 Å². The van der Waals surface area contributed by atoms with Crippen molar-refractivity contribution in [3.05, 3.63) is 0 Å². The third kappa shape index (κ3) is 5.62. The Balaban J connectivity index is 1.04. The van der Waals surface area contributed by atoms with Gasteiger partial charge in [0.2, 0.25) is 0 Å². The number of hydrogen-bond acceptors (Lipinski definition) is 1. The first kappa shape index (κ1) is 28.1. The first-order valence-electron chi connectivity index (χ1n) is 17.2. The number of ketones is 1. The van der Waals surface area contributed by atoms with Crippen molar-refractivity contribution in [1.82, 2.24) is 0 Å². The summed E-state index contributed by atoms with van der Waals surface area (Å²) in [5.41, 5.74) is -1.14. The van der Waals surface area contributed by atoms with E-state index in [1.807, 2.05) is 0 Å². The van der Waals surface area contributed by atoms with Crippen molar-refractivity contribution in [1.29, 1.82) is 0 Å². The maximum absolute atomic E-state index is 16.1. The normalized spacial score (nSPS) is 44.7. The Morgan fingerprint density at radius 1 is 0.595 bits per heavy atom. The van der Waals surface area contributed by atoms with E-state index in [0.717, 1.165) is 86.9 Å². The van der Waals surface area contributed by atoms with Crippen LogP contribution in [0.3, 0.4) is 0 Å².